The molecular formula is C36H57NO5. The number of aliphatic hydroxyl groups is 2. The summed E-state index contributed by atoms with van der Waals surface area (Å²) in [7, 11) is 0. The van der Waals surface area contributed by atoms with Gasteiger partial charge in [0.05, 0.1) is 30.9 Å². The predicted octanol–water partition coefficient (Wildman–Crippen LogP) is 7.04. The van der Waals surface area contributed by atoms with Gasteiger partial charge in [-0.05, 0) is 106 Å². The van der Waals surface area contributed by atoms with Crippen LogP contribution in [0.2, 0.25) is 0 Å². The number of fused-ring (bicyclic) bond motifs is 5. The lowest BCUT2D eigenvalue weighted by Crippen LogP contribution is -2.57. The zero-order valence-corrected chi connectivity index (χ0v) is 26.9. The van der Waals surface area contributed by atoms with Crippen molar-refractivity contribution in [3.8, 4) is 0 Å². The Morgan fingerprint density at radius 3 is 2.60 bits per heavy atom. The molecule has 0 spiro atoms. The molecule has 4 saturated carbocycles. The van der Waals surface area contributed by atoms with Crippen molar-refractivity contribution in [3.63, 3.8) is 0 Å². The van der Waals surface area contributed by atoms with E-state index in [-0.39, 0.29) is 35.2 Å². The monoisotopic (exact) mass is 583 g/mol. The summed E-state index contributed by atoms with van der Waals surface area (Å²) >= 11 is 0. The molecule has 6 heteroatoms. The molecule has 42 heavy (non-hydrogen) atoms. The minimum absolute atomic E-state index is 0.0132. The first-order valence-corrected chi connectivity index (χ1v) is 17.3. The van der Waals surface area contributed by atoms with E-state index < -0.39 is 5.60 Å². The molecule has 5 aliphatic carbocycles. The van der Waals surface area contributed by atoms with Gasteiger partial charge in [-0.15, -0.1) is 0 Å². The van der Waals surface area contributed by atoms with E-state index in [1.54, 1.807) is 0 Å². The molecule has 0 bridgehead atoms. The molecule has 2 N–H and O–H groups in total. The van der Waals surface area contributed by atoms with Crippen molar-refractivity contribution in [1.29, 1.82) is 0 Å². The number of carbonyl (C=O) groups excluding carboxylic acids is 1. The van der Waals surface area contributed by atoms with Crippen LogP contribution in [0.4, 0.5) is 4.79 Å². The Morgan fingerprint density at radius 2 is 1.86 bits per heavy atom. The molecule has 0 aromatic carbocycles. The molecule has 0 radical (unpaired) electrons. The van der Waals surface area contributed by atoms with Crippen LogP contribution in [0.5, 0.6) is 0 Å². The molecular weight excluding hydrogens is 526 g/mol. The number of hydrogen-bond acceptors (Lipinski definition) is 5. The summed E-state index contributed by atoms with van der Waals surface area (Å²) in [6, 6.07) is 0. The molecule has 6 nitrogen and oxygen atoms in total. The predicted molar refractivity (Wildman–Crippen MR) is 165 cm³/mol. The second-order valence-corrected chi connectivity index (χ2v) is 16.1. The van der Waals surface area contributed by atoms with Gasteiger partial charge in [-0.2, -0.15) is 0 Å². The molecule has 10 atom stereocenters. The maximum atomic E-state index is 14.0. The lowest BCUT2D eigenvalue weighted by molar-refractivity contribution is -0.106. The van der Waals surface area contributed by atoms with Gasteiger partial charge in [0.15, 0.2) is 0 Å². The van der Waals surface area contributed by atoms with Gasteiger partial charge in [-0.25, -0.2) is 4.79 Å². The summed E-state index contributed by atoms with van der Waals surface area (Å²) in [5.74, 6) is 2.22. The number of aliphatic hydroxyl groups excluding tert-OH is 1. The van der Waals surface area contributed by atoms with Crippen molar-refractivity contribution in [2.24, 2.45) is 40.4 Å². The number of amides is 1. The van der Waals surface area contributed by atoms with Gasteiger partial charge in [-0.3, -0.25) is 0 Å². The van der Waals surface area contributed by atoms with E-state index in [4.69, 9.17) is 9.47 Å². The zero-order valence-electron chi connectivity index (χ0n) is 26.9. The van der Waals surface area contributed by atoms with Gasteiger partial charge in [0.2, 0.25) is 0 Å². The van der Waals surface area contributed by atoms with Gasteiger partial charge in [-0.1, -0.05) is 64.3 Å². The fourth-order valence-electron chi connectivity index (χ4n) is 10.4. The highest BCUT2D eigenvalue weighted by molar-refractivity contribution is 5.68. The Kier molecular flexibility index (Phi) is 8.41. The summed E-state index contributed by atoms with van der Waals surface area (Å²) in [4.78, 5) is 15.9. The molecule has 0 unspecified atom stereocenters. The van der Waals surface area contributed by atoms with Crippen LogP contribution < -0.4 is 0 Å². The maximum Gasteiger partial charge on any atom is 0.410 e. The van der Waals surface area contributed by atoms with E-state index in [0.717, 1.165) is 70.8 Å². The highest BCUT2D eigenvalue weighted by Crippen LogP contribution is 2.66. The lowest BCUT2D eigenvalue weighted by atomic mass is 9.50. The Bertz CT molecular complexity index is 1080. The Morgan fingerprint density at radius 1 is 1.07 bits per heavy atom. The van der Waals surface area contributed by atoms with Crippen LogP contribution in [0.15, 0.2) is 23.3 Å². The fourth-order valence-corrected chi connectivity index (χ4v) is 10.4. The lowest BCUT2D eigenvalue weighted by Gasteiger charge is -2.56. The van der Waals surface area contributed by atoms with Crippen LogP contribution >= 0.6 is 0 Å². The molecule has 1 heterocycles. The van der Waals surface area contributed by atoms with Crippen LogP contribution in [0, 0.1) is 40.4 Å². The third-order valence-corrected chi connectivity index (χ3v) is 13.2. The third-order valence-electron chi connectivity index (χ3n) is 13.2. The van der Waals surface area contributed by atoms with E-state index in [1.165, 1.54) is 17.6 Å². The number of allylic oxidation sites excluding steroid dienone is 3. The van der Waals surface area contributed by atoms with Gasteiger partial charge < -0.3 is 24.6 Å². The van der Waals surface area contributed by atoms with E-state index >= 15 is 0 Å². The Hall–Kier alpha value is -1.37. The van der Waals surface area contributed by atoms with Crippen molar-refractivity contribution in [1.82, 2.24) is 4.90 Å². The molecule has 0 aromatic heterocycles. The first-order valence-electron chi connectivity index (χ1n) is 17.3. The summed E-state index contributed by atoms with van der Waals surface area (Å²) < 4.78 is 12.4. The van der Waals surface area contributed by atoms with E-state index in [0.29, 0.717) is 49.1 Å². The second kappa shape index (κ2) is 11.5. The largest absolute Gasteiger partial charge is 0.446 e. The first-order chi connectivity index (χ1) is 19.9. The molecule has 6 rings (SSSR count). The van der Waals surface area contributed by atoms with E-state index in [2.05, 4.69) is 46.8 Å². The first kappa shape index (κ1) is 30.6. The number of rotatable bonds is 6. The van der Waals surface area contributed by atoms with Crippen LogP contribution in [0.1, 0.15) is 112 Å². The molecule has 1 saturated heterocycles. The SMILES string of the molecule is CC(C)[C@H]1CC[C@H](C)C[C@@H]1OC(=O)N(C[C@H]1CCCO1)C[C@]1(O)CC[C@H]2C3=CC=C4C[C@@H](O)CC[C@]4(C)[C@H]3CC[C@@]21C. The van der Waals surface area contributed by atoms with Crippen molar-refractivity contribution < 1.29 is 24.5 Å². The quantitative estimate of drug-likeness (QED) is 0.351. The van der Waals surface area contributed by atoms with Crippen LogP contribution in [-0.4, -0.2) is 64.8 Å². The van der Waals surface area contributed by atoms with Crippen molar-refractivity contribution in [2.45, 2.75) is 136 Å². The molecule has 5 fully saturated rings. The van der Waals surface area contributed by atoms with E-state index in [1.807, 2.05) is 4.90 Å². The topological polar surface area (TPSA) is 79.2 Å². The summed E-state index contributed by atoms with van der Waals surface area (Å²) in [5, 5.41) is 22.9. The maximum absolute atomic E-state index is 14.0. The van der Waals surface area contributed by atoms with Crippen LogP contribution in [-0.2, 0) is 9.47 Å². The van der Waals surface area contributed by atoms with Gasteiger partial charge >= 0.3 is 6.09 Å². The number of carbonyl (C=O) groups is 1. The van der Waals surface area contributed by atoms with E-state index in [9.17, 15) is 15.0 Å². The molecule has 6 aliphatic rings. The normalized spacial score (nSPS) is 45.0. The summed E-state index contributed by atoms with van der Waals surface area (Å²) in [6.45, 7) is 13.0. The zero-order chi connectivity index (χ0) is 29.9. The molecule has 236 valence electrons. The Labute approximate surface area is 254 Å². The average molecular weight is 584 g/mol. The average Bonchev–Trinajstić information content (AvgIpc) is 3.54. The van der Waals surface area contributed by atoms with Crippen molar-refractivity contribution in [2.75, 3.05) is 19.7 Å². The number of nitrogens with zero attached hydrogens (tertiary/aromatic N) is 1. The van der Waals surface area contributed by atoms with Crippen molar-refractivity contribution >= 4 is 6.09 Å². The van der Waals surface area contributed by atoms with Gasteiger partial charge in [0.25, 0.3) is 0 Å². The highest BCUT2D eigenvalue weighted by atomic mass is 16.6. The fraction of sp³-hybridized carbons (Fsp3) is 0.861. The minimum Gasteiger partial charge on any atom is -0.446 e. The number of ether oxygens (including phenoxy) is 2. The van der Waals surface area contributed by atoms with Gasteiger partial charge in [0.1, 0.15) is 6.10 Å². The minimum atomic E-state index is -0.966. The molecule has 0 aromatic rings. The Balaban J connectivity index is 1.23. The summed E-state index contributed by atoms with van der Waals surface area (Å²) in [6.07, 6.45) is 15.7. The van der Waals surface area contributed by atoms with Gasteiger partial charge in [0, 0.05) is 12.0 Å². The van der Waals surface area contributed by atoms with Crippen LogP contribution in [0.25, 0.3) is 0 Å². The number of hydrogen-bond donors (Lipinski definition) is 2. The highest BCUT2D eigenvalue weighted by Gasteiger charge is 2.62. The van der Waals surface area contributed by atoms with Crippen molar-refractivity contribution in [3.05, 3.63) is 23.3 Å². The smallest absolute Gasteiger partial charge is 0.410 e. The second-order valence-electron chi connectivity index (χ2n) is 16.1. The summed E-state index contributed by atoms with van der Waals surface area (Å²) in [5.41, 5.74) is 1.78. The molecule has 1 aliphatic heterocycles. The molecule has 1 amide bonds. The third kappa shape index (κ3) is 5.30. The standard InChI is InChI=1S/C36H57NO5/c1-23(2)28-10-8-24(3)19-32(28)42-33(39)37(21-27-7-6-18-41-27)22-36(40)17-14-31-29-11-9-25-20-26(38)12-15-34(25,4)30(29)13-16-35(31,36)5/h9,11,23-24,26-28,30-32,38,40H,6-8,10,12-22H2,1-5H3/t24-,26-,27+,28+,30-,31-,32-,34-,35-,36+/m0/s1. The van der Waals surface area contributed by atoms with Crippen LogP contribution in [0.3, 0.4) is 0 Å².